The number of benzene rings is 2. The molecule has 202 valence electrons. The van der Waals surface area contributed by atoms with E-state index in [1.165, 1.54) is 12.0 Å². The van der Waals surface area contributed by atoms with E-state index in [4.69, 9.17) is 11.6 Å². The summed E-state index contributed by atoms with van der Waals surface area (Å²) in [7, 11) is 0. The number of nitrogens with one attached hydrogen (secondary N) is 1. The molecule has 0 radical (unpaired) electrons. The largest absolute Gasteiger partial charge is 0.337 e. The predicted molar refractivity (Wildman–Crippen MR) is 153 cm³/mol. The summed E-state index contributed by atoms with van der Waals surface area (Å²) in [5.41, 5.74) is 3.60. The molecule has 0 aromatic heterocycles. The van der Waals surface area contributed by atoms with E-state index in [1.807, 2.05) is 47.4 Å². The summed E-state index contributed by atoms with van der Waals surface area (Å²) in [6.45, 7) is 9.96. The molecule has 2 fully saturated rings. The molecule has 1 saturated heterocycles. The maximum Gasteiger partial charge on any atom is 0.321 e. The number of carbonyl (C=O) groups is 2. The standard InChI is InChI=1S/C31H39ClN4O2/c1-31(2)25-9-8-24(28(31)21-25)22-36(29(37)20-23-6-4-3-5-7-23)19-16-34-14-17-35(18-15-34)30(38)33-27-12-10-26(32)11-13-27/h3-8,10-13,25,28H,9,14-22H2,1-2H3,(H,33,38). The number of anilines is 1. The number of hydrogen-bond donors (Lipinski definition) is 1. The van der Waals surface area contributed by atoms with Crippen LogP contribution in [0.25, 0.3) is 0 Å². The summed E-state index contributed by atoms with van der Waals surface area (Å²) in [5.74, 6) is 1.58. The first-order valence-corrected chi connectivity index (χ1v) is 14.2. The third kappa shape index (κ3) is 6.08. The monoisotopic (exact) mass is 534 g/mol. The summed E-state index contributed by atoms with van der Waals surface area (Å²) in [6, 6.07) is 17.1. The van der Waals surface area contributed by atoms with Gasteiger partial charge >= 0.3 is 6.03 Å². The van der Waals surface area contributed by atoms with Crippen LogP contribution in [0.1, 0.15) is 32.3 Å². The van der Waals surface area contributed by atoms with Gasteiger partial charge in [-0.2, -0.15) is 0 Å². The van der Waals surface area contributed by atoms with Gasteiger partial charge in [0.25, 0.3) is 0 Å². The molecule has 2 aromatic carbocycles. The highest BCUT2D eigenvalue weighted by Crippen LogP contribution is 2.59. The fraction of sp³-hybridized carbons (Fsp3) is 0.484. The molecule has 1 N–H and O–H groups in total. The molecule has 1 saturated carbocycles. The van der Waals surface area contributed by atoms with Crippen molar-refractivity contribution in [1.82, 2.24) is 14.7 Å². The van der Waals surface area contributed by atoms with E-state index in [0.717, 1.165) is 49.8 Å². The minimum absolute atomic E-state index is 0.0858. The molecule has 1 heterocycles. The van der Waals surface area contributed by atoms with Gasteiger partial charge in [-0.3, -0.25) is 9.69 Å². The van der Waals surface area contributed by atoms with Crippen molar-refractivity contribution in [3.05, 3.63) is 76.8 Å². The lowest BCUT2D eigenvalue weighted by molar-refractivity contribution is -0.130. The van der Waals surface area contributed by atoms with Gasteiger partial charge in [0, 0.05) is 56.5 Å². The van der Waals surface area contributed by atoms with Crippen molar-refractivity contribution < 1.29 is 9.59 Å². The highest BCUT2D eigenvalue weighted by Gasteiger charge is 2.51. The minimum atomic E-state index is -0.0858. The van der Waals surface area contributed by atoms with E-state index in [-0.39, 0.29) is 11.9 Å². The lowest BCUT2D eigenvalue weighted by Crippen LogP contribution is -2.53. The Morgan fingerprint density at radius 1 is 1.03 bits per heavy atom. The smallest absolute Gasteiger partial charge is 0.321 e. The molecule has 3 aliphatic carbocycles. The second-order valence-electron chi connectivity index (χ2n) is 11.6. The van der Waals surface area contributed by atoms with Crippen LogP contribution >= 0.6 is 11.6 Å². The Kier molecular flexibility index (Phi) is 8.10. The first-order chi connectivity index (χ1) is 18.3. The van der Waals surface area contributed by atoms with Gasteiger partial charge in [-0.15, -0.1) is 0 Å². The molecular weight excluding hydrogens is 496 g/mol. The average Bonchev–Trinajstić information content (AvgIpc) is 2.93. The third-order valence-electron chi connectivity index (χ3n) is 8.95. The summed E-state index contributed by atoms with van der Waals surface area (Å²) < 4.78 is 0. The third-order valence-corrected chi connectivity index (χ3v) is 9.20. The summed E-state index contributed by atoms with van der Waals surface area (Å²) in [6.07, 6.45) is 5.24. The van der Waals surface area contributed by atoms with Crippen LogP contribution in [-0.2, 0) is 11.2 Å². The van der Waals surface area contributed by atoms with Gasteiger partial charge < -0.3 is 15.1 Å². The molecular formula is C31H39ClN4O2. The zero-order valence-corrected chi connectivity index (χ0v) is 23.3. The molecule has 2 bridgehead atoms. The fourth-order valence-corrected chi connectivity index (χ4v) is 6.35. The molecule has 6 nitrogen and oxygen atoms in total. The molecule has 38 heavy (non-hydrogen) atoms. The quantitative estimate of drug-likeness (QED) is 0.451. The van der Waals surface area contributed by atoms with E-state index in [2.05, 4.69) is 35.0 Å². The Bertz CT molecular complexity index is 1160. The molecule has 3 amide bonds. The normalized spacial score (nSPS) is 22.3. The molecule has 6 rings (SSSR count). The zero-order chi connectivity index (χ0) is 26.7. The Morgan fingerprint density at radius 2 is 1.74 bits per heavy atom. The van der Waals surface area contributed by atoms with E-state index >= 15 is 0 Å². The van der Waals surface area contributed by atoms with Gasteiger partial charge in [-0.25, -0.2) is 4.79 Å². The first kappa shape index (κ1) is 26.8. The maximum absolute atomic E-state index is 13.5. The van der Waals surface area contributed by atoms with Gasteiger partial charge in [0.2, 0.25) is 5.91 Å². The van der Waals surface area contributed by atoms with Crippen LogP contribution in [-0.4, -0.2) is 72.5 Å². The summed E-state index contributed by atoms with van der Waals surface area (Å²) in [4.78, 5) is 32.5. The van der Waals surface area contributed by atoms with Crippen LogP contribution in [0.5, 0.6) is 0 Å². The summed E-state index contributed by atoms with van der Waals surface area (Å²) in [5, 5.41) is 3.60. The van der Waals surface area contributed by atoms with Crippen LogP contribution in [0.2, 0.25) is 5.02 Å². The molecule has 0 spiro atoms. The zero-order valence-electron chi connectivity index (χ0n) is 22.5. The molecule has 7 heteroatoms. The fourth-order valence-electron chi connectivity index (χ4n) is 6.22. The van der Waals surface area contributed by atoms with Crippen LogP contribution in [0.15, 0.2) is 66.2 Å². The van der Waals surface area contributed by atoms with Crippen molar-refractivity contribution in [3.8, 4) is 0 Å². The SMILES string of the molecule is CC1(C)C2CC=C(CN(CCN3CCN(C(=O)Nc4ccc(Cl)cc4)CC3)C(=O)Cc3ccccc3)C1C2. The Balaban J connectivity index is 1.16. The van der Waals surface area contributed by atoms with Crippen molar-refractivity contribution >= 4 is 29.2 Å². The van der Waals surface area contributed by atoms with E-state index < -0.39 is 0 Å². The Morgan fingerprint density at radius 3 is 2.39 bits per heavy atom. The number of allylic oxidation sites excluding steroid dienone is 1. The number of halogens is 1. The molecule has 1 aliphatic heterocycles. The van der Waals surface area contributed by atoms with Gasteiger partial charge in [0.05, 0.1) is 6.42 Å². The van der Waals surface area contributed by atoms with Crippen molar-refractivity contribution in [2.45, 2.75) is 33.1 Å². The van der Waals surface area contributed by atoms with Crippen molar-refractivity contribution in [2.24, 2.45) is 17.3 Å². The van der Waals surface area contributed by atoms with E-state index in [0.29, 0.717) is 42.4 Å². The summed E-state index contributed by atoms with van der Waals surface area (Å²) >= 11 is 5.94. The highest BCUT2D eigenvalue weighted by molar-refractivity contribution is 6.30. The number of rotatable bonds is 8. The first-order valence-electron chi connectivity index (χ1n) is 13.8. The number of amides is 3. The maximum atomic E-state index is 13.5. The second kappa shape index (κ2) is 11.5. The highest BCUT2D eigenvalue weighted by atomic mass is 35.5. The van der Waals surface area contributed by atoms with Crippen LogP contribution in [0.4, 0.5) is 10.5 Å². The van der Waals surface area contributed by atoms with E-state index in [9.17, 15) is 9.59 Å². The van der Waals surface area contributed by atoms with Gasteiger partial charge in [0.1, 0.15) is 0 Å². The van der Waals surface area contributed by atoms with Gasteiger partial charge in [0.15, 0.2) is 0 Å². The second-order valence-corrected chi connectivity index (χ2v) is 12.0. The number of hydrogen-bond acceptors (Lipinski definition) is 3. The predicted octanol–water partition coefficient (Wildman–Crippen LogP) is 5.55. The van der Waals surface area contributed by atoms with Crippen LogP contribution in [0.3, 0.4) is 0 Å². The lowest BCUT2D eigenvalue weighted by atomic mass is 9.49. The van der Waals surface area contributed by atoms with Crippen molar-refractivity contribution in [3.63, 3.8) is 0 Å². The number of fused-ring (bicyclic) bond motifs is 1. The molecule has 2 aromatic rings. The van der Waals surface area contributed by atoms with Crippen LogP contribution < -0.4 is 5.32 Å². The number of piperazine rings is 1. The van der Waals surface area contributed by atoms with Crippen LogP contribution in [0, 0.1) is 17.3 Å². The number of carbonyl (C=O) groups excluding carboxylic acids is 2. The van der Waals surface area contributed by atoms with Gasteiger partial charge in [-0.1, -0.05) is 67.4 Å². The average molecular weight is 535 g/mol. The lowest BCUT2D eigenvalue weighted by Gasteiger charge is -2.57. The minimum Gasteiger partial charge on any atom is -0.337 e. The Hall–Kier alpha value is -2.83. The van der Waals surface area contributed by atoms with E-state index in [1.54, 1.807) is 12.1 Å². The Labute approximate surface area is 231 Å². The number of nitrogens with zero attached hydrogens (tertiary/aromatic N) is 3. The molecule has 2 unspecified atom stereocenters. The molecule has 2 atom stereocenters. The number of urea groups is 1. The van der Waals surface area contributed by atoms with Crippen molar-refractivity contribution in [1.29, 1.82) is 0 Å². The molecule has 4 aliphatic rings. The van der Waals surface area contributed by atoms with Gasteiger partial charge in [-0.05, 0) is 59.9 Å². The topological polar surface area (TPSA) is 55.9 Å². The van der Waals surface area contributed by atoms with Crippen molar-refractivity contribution in [2.75, 3.05) is 51.1 Å².